The van der Waals surface area contributed by atoms with Gasteiger partial charge in [-0.1, -0.05) is 0 Å². The van der Waals surface area contributed by atoms with Gasteiger partial charge in [0.1, 0.15) is 5.82 Å². The Morgan fingerprint density at radius 1 is 1.44 bits per heavy atom. The van der Waals surface area contributed by atoms with Crippen LogP contribution in [0.1, 0.15) is 15.9 Å². The maximum absolute atomic E-state index is 13.4. The van der Waals surface area contributed by atoms with Crippen LogP contribution in [0, 0.1) is 5.82 Å². The Labute approximate surface area is 103 Å². The number of esters is 1. The normalized spacial score (nSPS) is 10.1. The molecule has 0 bridgehead atoms. The second-order valence-electron chi connectivity index (χ2n) is 3.67. The molecule has 0 aliphatic carbocycles. The Morgan fingerprint density at radius 2 is 2.28 bits per heavy atom. The Morgan fingerprint density at radius 3 is 2.94 bits per heavy atom. The number of hydrogen-bond acceptors (Lipinski definition) is 4. The molecule has 0 spiro atoms. The topological polar surface area (TPSA) is 51.5 Å². The van der Waals surface area contributed by atoms with Gasteiger partial charge in [-0.3, -0.25) is 0 Å². The molecule has 0 saturated carbocycles. The molecule has 0 aliphatic heterocycles. The molecule has 18 heavy (non-hydrogen) atoms. The molecule has 0 amide bonds. The van der Waals surface area contributed by atoms with Gasteiger partial charge in [0.05, 0.1) is 25.2 Å². The molecular weight excluding hydrogens is 237 g/mol. The molecule has 1 N–H and O–H groups in total. The van der Waals surface area contributed by atoms with E-state index < -0.39 is 11.8 Å². The van der Waals surface area contributed by atoms with E-state index in [2.05, 4.69) is 10.1 Å². The maximum Gasteiger partial charge on any atom is 0.340 e. The number of ether oxygens (including phenoxy) is 1. The van der Waals surface area contributed by atoms with Crippen LogP contribution in [0.25, 0.3) is 0 Å². The molecule has 1 heterocycles. The van der Waals surface area contributed by atoms with Crippen LogP contribution in [-0.2, 0) is 11.3 Å². The van der Waals surface area contributed by atoms with Gasteiger partial charge in [0.25, 0.3) is 0 Å². The summed E-state index contributed by atoms with van der Waals surface area (Å²) in [6.07, 6.45) is 3.18. The Balaban J connectivity index is 2.12. The Bertz CT molecular complexity index is 537. The van der Waals surface area contributed by atoms with E-state index in [-0.39, 0.29) is 5.56 Å². The van der Waals surface area contributed by atoms with E-state index in [0.717, 1.165) is 5.56 Å². The first kappa shape index (κ1) is 12.2. The minimum Gasteiger partial charge on any atom is -0.472 e. The third-order valence-corrected chi connectivity index (χ3v) is 2.45. The van der Waals surface area contributed by atoms with Crippen molar-refractivity contribution in [2.24, 2.45) is 0 Å². The molecular formula is C13H12FNO3. The maximum atomic E-state index is 13.4. The van der Waals surface area contributed by atoms with Crippen molar-refractivity contribution in [1.29, 1.82) is 0 Å². The predicted molar refractivity (Wildman–Crippen MR) is 63.8 cm³/mol. The van der Waals surface area contributed by atoms with E-state index in [1.54, 1.807) is 18.6 Å². The van der Waals surface area contributed by atoms with E-state index in [9.17, 15) is 9.18 Å². The van der Waals surface area contributed by atoms with Gasteiger partial charge in [-0.25, -0.2) is 9.18 Å². The van der Waals surface area contributed by atoms with Gasteiger partial charge in [0.2, 0.25) is 0 Å². The van der Waals surface area contributed by atoms with E-state index >= 15 is 0 Å². The molecule has 94 valence electrons. The summed E-state index contributed by atoms with van der Waals surface area (Å²) in [6, 6.07) is 6.02. The van der Waals surface area contributed by atoms with Crippen molar-refractivity contribution in [2.45, 2.75) is 6.54 Å². The average Bonchev–Trinajstić information content (AvgIpc) is 2.90. The van der Waals surface area contributed by atoms with Gasteiger partial charge >= 0.3 is 5.97 Å². The third kappa shape index (κ3) is 2.68. The Hall–Kier alpha value is -2.30. The van der Waals surface area contributed by atoms with E-state index in [1.807, 2.05) is 6.07 Å². The molecule has 0 unspecified atom stereocenters. The monoisotopic (exact) mass is 249 g/mol. The van der Waals surface area contributed by atoms with E-state index in [0.29, 0.717) is 12.2 Å². The second kappa shape index (κ2) is 5.35. The summed E-state index contributed by atoms with van der Waals surface area (Å²) in [6.45, 7) is 0.531. The van der Waals surface area contributed by atoms with Crippen molar-refractivity contribution in [3.8, 4) is 0 Å². The van der Waals surface area contributed by atoms with Crippen molar-refractivity contribution in [2.75, 3.05) is 12.4 Å². The summed E-state index contributed by atoms with van der Waals surface area (Å²) in [5, 5.41) is 3.06. The number of carbonyl (C=O) groups excluding carboxylic acids is 1. The predicted octanol–water partition coefficient (Wildman–Crippen LogP) is 2.82. The molecule has 0 atom stereocenters. The smallest absolute Gasteiger partial charge is 0.340 e. The molecule has 0 radical (unpaired) electrons. The first-order valence-corrected chi connectivity index (χ1v) is 5.33. The zero-order valence-corrected chi connectivity index (χ0v) is 9.77. The number of nitrogens with one attached hydrogen (secondary N) is 1. The zero-order chi connectivity index (χ0) is 13.0. The van der Waals surface area contributed by atoms with Gasteiger partial charge in [-0.2, -0.15) is 0 Å². The number of hydrogen-bond donors (Lipinski definition) is 1. The van der Waals surface area contributed by atoms with Crippen LogP contribution >= 0.6 is 0 Å². The van der Waals surface area contributed by atoms with Crippen molar-refractivity contribution in [1.82, 2.24) is 0 Å². The highest BCUT2D eigenvalue weighted by Gasteiger charge is 2.12. The van der Waals surface area contributed by atoms with Crippen LogP contribution in [0.2, 0.25) is 0 Å². The molecule has 4 nitrogen and oxygen atoms in total. The van der Waals surface area contributed by atoms with Gasteiger partial charge < -0.3 is 14.5 Å². The minimum absolute atomic E-state index is 0.0882. The second-order valence-corrected chi connectivity index (χ2v) is 3.67. The summed E-state index contributed by atoms with van der Waals surface area (Å²) in [4.78, 5) is 11.3. The number of halogens is 1. The molecule has 2 rings (SSSR count). The van der Waals surface area contributed by atoms with Crippen LogP contribution < -0.4 is 5.32 Å². The number of anilines is 1. The first-order chi connectivity index (χ1) is 8.70. The number of methoxy groups -OCH3 is 1. The van der Waals surface area contributed by atoms with Gasteiger partial charge in [-0.15, -0.1) is 0 Å². The number of rotatable bonds is 4. The van der Waals surface area contributed by atoms with Crippen molar-refractivity contribution < 1.29 is 18.3 Å². The average molecular weight is 249 g/mol. The minimum atomic E-state index is -0.695. The van der Waals surface area contributed by atoms with Gasteiger partial charge in [0.15, 0.2) is 0 Å². The quantitative estimate of drug-likeness (QED) is 0.846. The van der Waals surface area contributed by atoms with Gasteiger partial charge in [0, 0.05) is 17.8 Å². The molecule has 0 saturated heterocycles. The number of carbonyl (C=O) groups is 1. The summed E-state index contributed by atoms with van der Waals surface area (Å²) < 4.78 is 22.8. The highest BCUT2D eigenvalue weighted by molar-refractivity contribution is 5.90. The van der Waals surface area contributed by atoms with Crippen LogP contribution in [0.15, 0.2) is 41.2 Å². The fraction of sp³-hybridized carbons (Fsp3) is 0.154. The number of benzene rings is 1. The summed E-state index contributed by atoms with van der Waals surface area (Å²) in [7, 11) is 1.22. The standard InChI is InChI=1S/C13H12FNO3/c1-17-13(16)11-6-10(2-3-12(11)14)15-7-9-4-5-18-8-9/h2-6,8,15H,7H2,1H3. The first-order valence-electron chi connectivity index (χ1n) is 5.33. The lowest BCUT2D eigenvalue weighted by Gasteiger charge is -2.07. The van der Waals surface area contributed by atoms with Crippen molar-refractivity contribution >= 4 is 11.7 Å². The van der Waals surface area contributed by atoms with Crippen LogP contribution in [-0.4, -0.2) is 13.1 Å². The van der Waals surface area contributed by atoms with E-state index in [4.69, 9.17) is 4.42 Å². The summed E-state index contributed by atoms with van der Waals surface area (Å²) in [5.74, 6) is -1.30. The summed E-state index contributed by atoms with van der Waals surface area (Å²) in [5.41, 5.74) is 1.51. The van der Waals surface area contributed by atoms with Crippen molar-refractivity contribution in [3.63, 3.8) is 0 Å². The third-order valence-electron chi connectivity index (χ3n) is 2.45. The van der Waals surface area contributed by atoms with Gasteiger partial charge in [-0.05, 0) is 24.3 Å². The molecule has 0 aliphatic rings. The lowest BCUT2D eigenvalue weighted by Crippen LogP contribution is -2.06. The molecule has 1 aromatic carbocycles. The summed E-state index contributed by atoms with van der Waals surface area (Å²) >= 11 is 0. The van der Waals surface area contributed by atoms with Crippen LogP contribution in [0.4, 0.5) is 10.1 Å². The van der Waals surface area contributed by atoms with E-state index in [1.165, 1.54) is 19.2 Å². The van der Waals surface area contributed by atoms with Crippen LogP contribution in [0.3, 0.4) is 0 Å². The molecule has 0 fully saturated rings. The zero-order valence-electron chi connectivity index (χ0n) is 9.77. The highest BCUT2D eigenvalue weighted by Crippen LogP contribution is 2.16. The number of furan rings is 1. The largest absolute Gasteiger partial charge is 0.472 e. The van der Waals surface area contributed by atoms with Crippen LogP contribution in [0.5, 0.6) is 0 Å². The molecule has 1 aromatic heterocycles. The lowest BCUT2D eigenvalue weighted by molar-refractivity contribution is 0.0595. The fourth-order valence-corrected chi connectivity index (χ4v) is 1.50. The SMILES string of the molecule is COC(=O)c1cc(NCc2ccoc2)ccc1F. The lowest BCUT2D eigenvalue weighted by atomic mass is 10.2. The molecule has 2 aromatic rings. The highest BCUT2D eigenvalue weighted by atomic mass is 19.1. The fourth-order valence-electron chi connectivity index (χ4n) is 1.50. The molecule has 5 heteroatoms. The Kier molecular flexibility index (Phi) is 3.62. The van der Waals surface area contributed by atoms with Crippen molar-refractivity contribution in [3.05, 3.63) is 53.7 Å².